The molecule has 4 fully saturated rings. The highest BCUT2D eigenvalue weighted by Gasteiger charge is 2.78. The number of alkyl halides is 2. The number of halogens is 4. The molecule has 0 bridgehead atoms. The summed E-state index contributed by atoms with van der Waals surface area (Å²) in [5.74, 6) is -6.77. The molecule has 0 radical (unpaired) electrons. The highest BCUT2D eigenvalue weighted by molar-refractivity contribution is 8.14. The van der Waals surface area contributed by atoms with Crippen molar-refractivity contribution in [2.45, 2.75) is 102 Å². The largest absolute Gasteiger partial charge is 0.449 e. The van der Waals surface area contributed by atoms with Gasteiger partial charge in [-0.05, 0) is 80.7 Å². The molecular formula is C37H42F4O6S. The van der Waals surface area contributed by atoms with Gasteiger partial charge in [-0.25, -0.2) is 17.6 Å². The normalized spacial score (nSPS) is 39.2. The van der Waals surface area contributed by atoms with Crippen LogP contribution in [0, 0.1) is 46.1 Å². The lowest BCUT2D eigenvalue weighted by Gasteiger charge is -2.63. The van der Waals surface area contributed by atoms with Gasteiger partial charge in [-0.3, -0.25) is 19.2 Å². The van der Waals surface area contributed by atoms with Crippen LogP contribution in [-0.2, 0) is 19.1 Å². The molecule has 48 heavy (non-hydrogen) atoms. The Kier molecular flexibility index (Phi) is 9.14. The van der Waals surface area contributed by atoms with E-state index in [-0.39, 0.29) is 37.2 Å². The van der Waals surface area contributed by atoms with Crippen LogP contribution in [0.1, 0.15) is 88.9 Å². The van der Waals surface area contributed by atoms with Gasteiger partial charge in [-0.1, -0.05) is 50.9 Å². The van der Waals surface area contributed by atoms with Crippen molar-refractivity contribution in [2.24, 2.45) is 34.5 Å². The van der Waals surface area contributed by atoms with Gasteiger partial charge in [-0.2, -0.15) is 0 Å². The van der Waals surface area contributed by atoms with Crippen molar-refractivity contribution >= 4 is 34.4 Å². The molecule has 1 aromatic rings. The van der Waals surface area contributed by atoms with E-state index in [0.717, 1.165) is 50.3 Å². The topological polar surface area (TPSA) is 97.7 Å². The second-order valence-electron chi connectivity index (χ2n) is 15.0. The van der Waals surface area contributed by atoms with Crippen LogP contribution in [0.4, 0.5) is 17.6 Å². The summed E-state index contributed by atoms with van der Waals surface area (Å²) in [6.07, 6.45) is 4.54. The Balaban J connectivity index is 1.37. The number of fused-ring (bicyclic) bond motifs is 5. The van der Waals surface area contributed by atoms with Gasteiger partial charge in [0.05, 0.1) is 17.4 Å². The van der Waals surface area contributed by atoms with Crippen molar-refractivity contribution in [3.63, 3.8) is 0 Å². The van der Waals surface area contributed by atoms with Crippen LogP contribution in [0.15, 0.2) is 42.0 Å². The number of aliphatic hydroxyl groups is 1. The van der Waals surface area contributed by atoms with Crippen molar-refractivity contribution in [1.82, 2.24) is 0 Å². The van der Waals surface area contributed by atoms with E-state index in [1.807, 2.05) is 0 Å². The van der Waals surface area contributed by atoms with Gasteiger partial charge in [0.2, 0.25) is 5.12 Å². The lowest BCUT2D eigenvalue weighted by molar-refractivity contribution is -0.229. The summed E-state index contributed by atoms with van der Waals surface area (Å²) in [5.41, 5.74) is -7.72. The number of esters is 1. The number of rotatable bonds is 7. The molecule has 11 heteroatoms. The molecular weight excluding hydrogens is 648 g/mol. The number of thioether (sulfide) groups is 1. The predicted octanol–water partition coefficient (Wildman–Crippen LogP) is 7.22. The SMILES string of the molecule is C[C@@H]1C[C@H]2[C@@H]3C[C@H](F)C4=CC(=O)C=C[C@]4(C)[C@@]3(F)[C@@H](O)C[C@]2(C)[C@@]1(OC(=O)CC1CCCCC1)C(=O)SCC(=O)c1ccc(F)cc1F. The number of ketones is 2. The third-order valence-electron chi connectivity index (χ3n) is 12.5. The first kappa shape index (κ1) is 35.1. The Morgan fingerprint density at radius 2 is 1.77 bits per heavy atom. The molecule has 4 saturated carbocycles. The molecule has 260 valence electrons. The minimum Gasteiger partial charge on any atom is -0.449 e. The molecule has 0 aromatic heterocycles. The van der Waals surface area contributed by atoms with Gasteiger partial charge in [0.15, 0.2) is 22.8 Å². The predicted molar refractivity (Wildman–Crippen MR) is 171 cm³/mol. The van der Waals surface area contributed by atoms with E-state index in [2.05, 4.69) is 0 Å². The number of carbonyl (C=O) groups excluding carboxylic acids is 4. The Labute approximate surface area is 282 Å². The summed E-state index contributed by atoms with van der Waals surface area (Å²) >= 11 is 0.549. The van der Waals surface area contributed by atoms with Crippen LogP contribution in [-0.4, -0.2) is 57.1 Å². The monoisotopic (exact) mass is 690 g/mol. The van der Waals surface area contributed by atoms with Gasteiger partial charge < -0.3 is 9.84 Å². The zero-order valence-electron chi connectivity index (χ0n) is 27.4. The number of hydrogen-bond donors (Lipinski definition) is 1. The van der Waals surface area contributed by atoms with E-state index in [1.54, 1.807) is 13.8 Å². The Morgan fingerprint density at radius 1 is 1.06 bits per heavy atom. The van der Waals surface area contributed by atoms with Crippen molar-refractivity contribution < 1.29 is 46.6 Å². The number of benzene rings is 1. The lowest BCUT2D eigenvalue weighted by atomic mass is 9.44. The highest BCUT2D eigenvalue weighted by Crippen LogP contribution is 2.72. The zero-order chi connectivity index (χ0) is 34.8. The quantitative estimate of drug-likeness (QED) is 0.183. The highest BCUT2D eigenvalue weighted by atomic mass is 32.2. The molecule has 0 unspecified atom stereocenters. The van der Waals surface area contributed by atoms with E-state index in [0.29, 0.717) is 17.8 Å². The summed E-state index contributed by atoms with van der Waals surface area (Å²) < 4.78 is 68.0. The second-order valence-corrected chi connectivity index (χ2v) is 16.0. The molecule has 0 spiro atoms. The zero-order valence-corrected chi connectivity index (χ0v) is 28.2. The van der Waals surface area contributed by atoms with Crippen LogP contribution in [0.5, 0.6) is 0 Å². The van der Waals surface area contributed by atoms with Crippen LogP contribution in [0.25, 0.3) is 0 Å². The van der Waals surface area contributed by atoms with Crippen LogP contribution >= 0.6 is 11.8 Å². The third-order valence-corrected chi connectivity index (χ3v) is 13.5. The maximum absolute atomic E-state index is 17.8. The minimum absolute atomic E-state index is 0.0224. The second kappa shape index (κ2) is 12.5. The summed E-state index contributed by atoms with van der Waals surface area (Å²) in [7, 11) is 0. The molecule has 6 nitrogen and oxygen atoms in total. The summed E-state index contributed by atoms with van der Waals surface area (Å²) in [5, 5.41) is 11.1. The van der Waals surface area contributed by atoms with Gasteiger partial charge in [0, 0.05) is 35.2 Å². The molecule has 0 saturated heterocycles. The van der Waals surface area contributed by atoms with Crippen molar-refractivity contribution in [2.75, 3.05) is 5.75 Å². The fraction of sp³-hybridized carbons (Fsp3) is 0.622. The van der Waals surface area contributed by atoms with Gasteiger partial charge in [0.1, 0.15) is 17.8 Å². The molecule has 5 aliphatic rings. The number of carbonyl (C=O) groups is 4. The lowest BCUT2D eigenvalue weighted by Crippen LogP contribution is -2.70. The number of aliphatic hydroxyl groups excluding tert-OH is 1. The van der Waals surface area contributed by atoms with Gasteiger partial charge in [0.25, 0.3) is 0 Å². The Bertz CT molecular complexity index is 1590. The van der Waals surface area contributed by atoms with E-state index in [9.17, 15) is 33.1 Å². The maximum Gasteiger partial charge on any atom is 0.307 e. The smallest absolute Gasteiger partial charge is 0.307 e. The molecule has 0 heterocycles. The Hall–Kier alpha value is -2.79. The Morgan fingerprint density at radius 3 is 2.46 bits per heavy atom. The fourth-order valence-electron chi connectivity index (χ4n) is 10.1. The molecule has 1 N–H and O–H groups in total. The van der Waals surface area contributed by atoms with E-state index < -0.39 is 97.7 Å². The van der Waals surface area contributed by atoms with Crippen molar-refractivity contribution in [3.8, 4) is 0 Å². The standard InChI is InChI=1S/C37H42F4O6S/c1-20-13-25-26-17-29(40)27-16-23(42)11-12-34(27,2)36(26,41)31(44)18-35(25,3)37(20,47-32(45)14-21-7-5-4-6-8-21)33(46)48-19-30(43)24-10-9-22(38)15-28(24)39/h9-12,15-16,20-21,25-26,29,31,44H,4-8,13-14,17-19H2,1-3H3/t20-,25+,26+,29+,31+,34+,35+,36+,37+/m1/s1. The first-order valence-corrected chi connectivity index (χ1v) is 17.9. The third kappa shape index (κ3) is 5.24. The minimum atomic E-state index is -2.39. The first-order valence-electron chi connectivity index (χ1n) is 16.9. The fourth-order valence-corrected chi connectivity index (χ4v) is 11.2. The molecule has 6 rings (SSSR count). The van der Waals surface area contributed by atoms with Gasteiger partial charge in [-0.15, -0.1) is 0 Å². The summed E-state index contributed by atoms with van der Waals surface area (Å²) in [6, 6.07) is 2.51. The van der Waals surface area contributed by atoms with E-state index in [4.69, 9.17) is 4.74 Å². The van der Waals surface area contributed by atoms with Crippen LogP contribution < -0.4 is 0 Å². The summed E-state index contributed by atoms with van der Waals surface area (Å²) in [4.78, 5) is 53.5. The van der Waals surface area contributed by atoms with E-state index >= 15 is 8.78 Å². The van der Waals surface area contributed by atoms with Crippen LogP contribution in [0.2, 0.25) is 0 Å². The number of allylic oxidation sites excluding steroid dienone is 4. The first-order chi connectivity index (χ1) is 22.6. The number of hydrogen-bond acceptors (Lipinski definition) is 7. The van der Waals surface area contributed by atoms with Crippen molar-refractivity contribution in [1.29, 1.82) is 0 Å². The average molecular weight is 691 g/mol. The molecule has 0 aliphatic heterocycles. The van der Waals surface area contributed by atoms with E-state index in [1.165, 1.54) is 19.1 Å². The maximum atomic E-state index is 17.8. The molecule has 0 amide bonds. The van der Waals surface area contributed by atoms with Crippen molar-refractivity contribution in [3.05, 3.63) is 59.2 Å². The summed E-state index contributed by atoms with van der Waals surface area (Å²) in [6.45, 7) is 4.88. The number of ether oxygens (including phenoxy) is 1. The average Bonchev–Trinajstić information content (AvgIpc) is 3.24. The van der Waals surface area contributed by atoms with Crippen LogP contribution in [0.3, 0.4) is 0 Å². The molecule has 1 aromatic carbocycles. The van der Waals surface area contributed by atoms with Gasteiger partial charge >= 0.3 is 5.97 Å². The molecule has 5 aliphatic carbocycles. The molecule has 9 atom stereocenters. The number of Topliss-reactive ketones (excluding diaryl/α,β-unsaturated/α-hetero) is 1.